The summed E-state index contributed by atoms with van der Waals surface area (Å²) in [5.74, 6) is 0.625. The molecule has 3 rings (SSSR count). The summed E-state index contributed by atoms with van der Waals surface area (Å²) in [6, 6.07) is 10.6. The lowest BCUT2D eigenvalue weighted by Crippen LogP contribution is -2.43. The maximum Gasteiger partial charge on any atom is 0.223 e. The molecule has 1 N–H and O–H groups in total. The Balaban J connectivity index is 1.55. The van der Waals surface area contributed by atoms with Crippen LogP contribution >= 0.6 is 11.6 Å². The molecule has 1 aromatic carbocycles. The number of likely N-dealkylation sites (tertiary alicyclic amines) is 1. The Morgan fingerprint density at radius 1 is 1.24 bits per heavy atom. The Morgan fingerprint density at radius 3 is 2.68 bits per heavy atom. The number of likely N-dealkylation sites (N-methyl/N-ethyl adjacent to an activating group) is 1. The van der Waals surface area contributed by atoms with Crippen LogP contribution in [0.25, 0.3) is 11.3 Å². The summed E-state index contributed by atoms with van der Waals surface area (Å²) in [5, 5.41) is 3.90. The van der Waals surface area contributed by atoms with E-state index in [4.69, 9.17) is 11.6 Å². The zero-order valence-electron chi connectivity index (χ0n) is 15.0. The van der Waals surface area contributed by atoms with Gasteiger partial charge in [-0.3, -0.25) is 0 Å². The van der Waals surface area contributed by atoms with Crippen LogP contribution in [0.1, 0.15) is 12.8 Å². The first-order chi connectivity index (χ1) is 12.1. The fourth-order valence-corrected chi connectivity index (χ4v) is 3.41. The number of nitrogens with one attached hydrogen (secondary N) is 1. The zero-order chi connectivity index (χ0) is 17.6. The lowest BCUT2D eigenvalue weighted by atomic mass is 10.0. The largest absolute Gasteiger partial charge is 0.353 e. The van der Waals surface area contributed by atoms with Crippen LogP contribution in [-0.2, 0) is 0 Å². The molecular weight excluding hydrogens is 334 g/mol. The van der Waals surface area contributed by atoms with E-state index in [-0.39, 0.29) is 0 Å². The number of anilines is 1. The van der Waals surface area contributed by atoms with Crippen molar-refractivity contribution in [2.45, 2.75) is 18.9 Å². The number of aromatic nitrogens is 2. The van der Waals surface area contributed by atoms with Gasteiger partial charge in [-0.2, -0.15) is 0 Å². The summed E-state index contributed by atoms with van der Waals surface area (Å²) < 4.78 is 0. The van der Waals surface area contributed by atoms with Crippen LogP contribution < -0.4 is 5.32 Å². The monoisotopic (exact) mass is 359 g/mol. The minimum atomic E-state index is 0.570. The number of halogens is 1. The van der Waals surface area contributed by atoms with Gasteiger partial charge in [0, 0.05) is 24.7 Å². The van der Waals surface area contributed by atoms with E-state index in [1.807, 2.05) is 30.3 Å². The van der Waals surface area contributed by atoms with Crippen molar-refractivity contribution in [1.29, 1.82) is 0 Å². The second-order valence-corrected chi connectivity index (χ2v) is 7.11. The molecule has 2 aromatic rings. The first-order valence-electron chi connectivity index (χ1n) is 8.84. The minimum absolute atomic E-state index is 0.570. The highest BCUT2D eigenvalue weighted by Gasteiger charge is 2.20. The van der Waals surface area contributed by atoms with Gasteiger partial charge >= 0.3 is 0 Å². The maximum atomic E-state index is 6.26. The van der Waals surface area contributed by atoms with Gasteiger partial charge in [-0.1, -0.05) is 41.9 Å². The van der Waals surface area contributed by atoms with Crippen LogP contribution in [0.5, 0.6) is 0 Å². The molecule has 0 radical (unpaired) electrons. The SMILES string of the molecule is CN1CCC(N(C)CCNc2ncc(Cl)c(-c3ccccc3)n2)CC1. The van der Waals surface area contributed by atoms with E-state index in [2.05, 4.69) is 39.2 Å². The van der Waals surface area contributed by atoms with E-state index in [1.165, 1.54) is 25.9 Å². The third-order valence-electron chi connectivity index (χ3n) is 4.85. The predicted molar refractivity (Wildman–Crippen MR) is 104 cm³/mol. The van der Waals surface area contributed by atoms with Crippen LogP contribution in [0.3, 0.4) is 0 Å². The number of benzene rings is 1. The Labute approximate surface area is 155 Å². The molecule has 6 heteroatoms. The van der Waals surface area contributed by atoms with E-state index in [9.17, 15) is 0 Å². The number of hydrogen-bond acceptors (Lipinski definition) is 5. The Kier molecular flexibility index (Phi) is 6.24. The van der Waals surface area contributed by atoms with E-state index < -0.39 is 0 Å². The third kappa shape index (κ3) is 4.91. The Hall–Kier alpha value is -1.69. The Bertz CT molecular complexity index is 671. The minimum Gasteiger partial charge on any atom is -0.353 e. The molecule has 1 saturated heterocycles. The topological polar surface area (TPSA) is 44.3 Å². The molecule has 0 bridgehead atoms. The van der Waals surface area contributed by atoms with Crippen LogP contribution in [-0.4, -0.2) is 66.1 Å². The number of rotatable bonds is 6. The fraction of sp³-hybridized carbons (Fsp3) is 0.474. The number of piperidine rings is 1. The lowest BCUT2D eigenvalue weighted by Gasteiger charge is -2.35. The number of hydrogen-bond donors (Lipinski definition) is 1. The maximum absolute atomic E-state index is 6.26. The second kappa shape index (κ2) is 8.61. The predicted octanol–water partition coefficient (Wildman–Crippen LogP) is 3.23. The van der Waals surface area contributed by atoms with Gasteiger partial charge in [-0.15, -0.1) is 0 Å². The van der Waals surface area contributed by atoms with Crippen LogP contribution in [0.4, 0.5) is 5.95 Å². The van der Waals surface area contributed by atoms with Crippen molar-refractivity contribution in [2.24, 2.45) is 0 Å². The summed E-state index contributed by atoms with van der Waals surface area (Å²) in [4.78, 5) is 13.7. The highest BCUT2D eigenvalue weighted by Crippen LogP contribution is 2.25. The van der Waals surface area contributed by atoms with Gasteiger partial charge in [0.05, 0.1) is 16.9 Å². The van der Waals surface area contributed by atoms with E-state index in [0.717, 1.165) is 24.3 Å². The molecule has 2 heterocycles. The molecule has 0 unspecified atom stereocenters. The second-order valence-electron chi connectivity index (χ2n) is 6.70. The van der Waals surface area contributed by atoms with E-state index >= 15 is 0 Å². The van der Waals surface area contributed by atoms with Gasteiger partial charge < -0.3 is 15.1 Å². The van der Waals surface area contributed by atoms with Crippen LogP contribution in [0.2, 0.25) is 5.02 Å². The van der Waals surface area contributed by atoms with Gasteiger partial charge in [0.25, 0.3) is 0 Å². The third-order valence-corrected chi connectivity index (χ3v) is 5.13. The van der Waals surface area contributed by atoms with Gasteiger partial charge in [0.15, 0.2) is 0 Å². The van der Waals surface area contributed by atoms with E-state index in [1.54, 1.807) is 6.20 Å². The van der Waals surface area contributed by atoms with Gasteiger partial charge in [-0.25, -0.2) is 9.97 Å². The summed E-state index contributed by atoms with van der Waals surface area (Å²) in [6.07, 6.45) is 4.14. The average Bonchev–Trinajstić information content (AvgIpc) is 2.64. The Morgan fingerprint density at radius 2 is 1.96 bits per heavy atom. The van der Waals surface area contributed by atoms with E-state index in [0.29, 0.717) is 17.0 Å². The van der Waals surface area contributed by atoms with Crippen LogP contribution in [0, 0.1) is 0 Å². The molecule has 0 saturated carbocycles. The van der Waals surface area contributed by atoms with Crippen molar-refractivity contribution < 1.29 is 0 Å². The first-order valence-corrected chi connectivity index (χ1v) is 9.22. The quantitative estimate of drug-likeness (QED) is 0.857. The van der Waals surface area contributed by atoms with Gasteiger partial charge in [0.1, 0.15) is 0 Å². The van der Waals surface area contributed by atoms with Crippen LogP contribution in [0.15, 0.2) is 36.5 Å². The summed E-state index contributed by atoms with van der Waals surface area (Å²) >= 11 is 6.26. The van der Waals surface area contributed by atoms with Gasteiger partial charge in [0.2, 0.25) is 5.95 Å². The molecular formula is C19H26ClN5. The lowest BCUT2D eigenvalue weighted by molar-refractivity contribution is 0.148. The molecule has 5 nitrogen and oxygen atoms in total. The highest BCUT2D eigenvalue weighted by atomic mass is 35.5. The molecule has 0 atom stereocenters. The van der Waals surface area contributed by atoms with Gasteiger partial charge in [-0.05, 0) is 40.0 Å². The van der Waals surface area contributed by atoms with Crippen molar-refractivity contribution in [3.8, 4) is 11.3 Å². The molecule has 1 aliphatic rings. The molecule has 25 heavy (non-hydrogen) atoms. The van der Waals surface area contributed by atoms with Crippen molar-refractivity contribution in [1.82, 2.24) is 19.8 Å². The smallest absolute Gasteiger partial charge is 0.223 e. The van der Waals surface area contributed by atoms with Crippen molar-refractivity contribution >= 4 is 17.5 Å². The first kappa shape index (κ1) is 18.1. The molecule has 0 spiro atoms. The molecule has 1 fully saturated rings. The molecule has 0 aliphatic carbocycles. The molecule has 1 aliphatic heterocycles. The molecule has 134 valence electrons. The van der Waals surface area contributed by atoms with Crippen molar-refractivity contribution in [3.63, 3.8) is 0 Å². The molecule has 0 amide bonds. The zero-order valence-corrected chi connectivity index (χ0v) is 15.7. The molecule has 1 aromatic heterocycles. The normalized spacial score (nSPS) is 16.3. The highest BCUT2D eigenvalue weighted by molar-refractivity contribution is 6.32. The average molecular weight is 360 g/mol. The summed E-state index contributed by atoms with van der Waals surface area (Å²) in [7, 11) is 4.40. The van der Waals surface area contributed by atoms with Crippen molar-refractivity contribution in [3.05, 3.63) is 41.6 Å². The fourth-order valence-electron chi connectivity index (χ4n) is 3.21. The summed E-state index contributed by atoms with van der Waals surface area (Å²) in [6.45, 7) is 4.16. The number of nitrogens with zero attached hydrogens (tertiary/aromatic N) is 4. The standard InChI is InChI=1S/C19H26ClN5/c1-24-11-8-16(9-12-24)25(2)13-10-21-19-22-14-17(20)18(23-19)15-6-4-3-5-7-15/h3-7,14,16H,8-13H2,1-2H3,(H,21,22,23). The summed E-state index contributed by atoms with van der Waals surface area (Å²) in [5.41, 5.74) is 1.77. The van der Waals surface area contributed by atoms with Crippen molar-refractivity contribution in [2.75, 3.05) is 45.6 Å².